The van der Waals surface area contributed by atoms with Crippen LogP contribution in [0.5, 0.6) is 0 Å². The highest BCUT2D eigenvalue weighted by atomic mass is 16.2. The lowest BCUT2D eigenvalue weighted by Crippen LogP contribution is -2.28. The zero-order valence-corrected chi connectivity index (χ0v) is 13.8. The largest absolute Gasteiger partial charge is 0.363 e. The Hall–Kier alpha value is -2.62. The fourth-order valence-corrected chi connectivity index (χ4v) is 1.97. The minimum atomic E-state index is -0.156. The Balaban J connectivity index is 2.38. The molecule has 0 bridgehead atoms. The first kappa shape index (κ1) is 18.4. The van der Waals surface area contributed by atoms with E-state index >= 15 is 0 Å². The highest BCUT2D eigenvalue weighted by molar-refractivity contribution is 5.94. The van der Waals surface area contributed by atoms with E-state index in [2.05, 4.69) is 15.6 Å². The maximum Gasteiger partial charge on any atom is 0.251 e. The maximum atomic E-state index is 12.1. The van der Waals surface area contributed by atoms with Gasteiger partial charge in [0.15, 0.2) is 0 Å². The first-order valence-electron chi connectivity index (χ1n) is 7.49. The quantitative estimate of drug-likeness (QED) is 0.695. The van der Waals surface area contributed by atoms with Crippen molar-refractivity contribution < 1.29 is 9.59 Å². The Morgan fingerprint density at radius 3 is 2.78 bits per heavy atom. The molecule has 2 amide bonds. The van der Waals surface area contributed by atoms with Gasteiger partial charge in [-0.3, -0.25) is 9.59 Å². The van der Waals surface area contributed by atoms with Crippen molar-refractivity contribution in [2.24, 2.45) is 5.92 Å². The lowest BCUT2D eigenvalue weighted by atomic mass is 10.0. The molecule has 0 fully saturated rings. The van der Waals surface area contributed by atoms with Crippen LogP contribution >= 0.6 is 0 Å². The molecule has 1 heterocycles. The summed E-state index contributed by atoms with van der Waals surface area (Å²) in [5.41, 5.74) is 0.558. The van der Waals surface area contributed by atoms with Crippen LogP contribution in [-0.2, 0) is 4.79 Å². The first-order valence-corrected chi connectivity index (χ1v) is 7.49. The van der Waals surface area contributed by atoms with Crippen LogP contribution in [0.4, 0.5) is 5.82 Å². The average Bonchev–Trinajstić information content (AvgIpc) is 2.52. The molecule has 1 aromatic heterocycles. The molecule has 0 saturated carbocycles. The van der Waals surface area contributed by atoms with E-state index in [9.17, 15) is 9.59 Å². The van der Waals surface area contributed by atoms with Crippen molar-refractivity contribution in [3.05, 3.63) is 23.9 Å². The molecule has 7 heteroatoms. The summed E-state index contributed by atoms with van der Waals surface area (Å²) in [6.07, 6.45) is 2.64. The molecule has 1 rings (SSSR count). The smallest absolute Gasteiger partial charge is 0.251 e. The topological polar surface area (TPSA) is 98.1 Å². The number of hydrogen-bond acceptors (Lipinski definition) is 5. The Bertz CT molecular complexity index is 580. The molecular formula is C16H23N5O2. The number of nitriles is 1. The van der Waals surface area contributed by atoms with Crippen LogP contribution < -0.4 is 15.5 Å². The average molecular weight is 317 g/mol. The van der Waals surface area contributed by atoms with Gasteiger partial charge in [0, 0.05) is 38.8 Å². The zero-order valence-electron chi connectivity index (χ0n) is 13.8. The second kappa shape index (κ2) is 9.41. The van der Waals surface area contributed by atoms with Gasteiger partial charge >= 0.3 is 0 Å². The third kappa shape index (κ3) is 6.78. The van der Waals surface area contributed by atoms with Gasteiger partial charge in [-0.15, -0.1) is 0 Å². The molecule has 1 atom stereocenters. The minimum absolute atomic E-state index is 0.0263. The summed E-state index contributed by atoms with van der Waals surface area (Å²) in [6.45, 7) is 2.46. The van der Waals surface area contributed by atoms with E-state index in [-0.39, 0.29) is 24.3 Å². The monoisotopic (exact) mass is 317 g/mol. The third-order valence-corrected chi connectivity index (χ3v) is 3.29. The van der Waals surface area contributed by atoms with Crippen molar-refractivity contribution in [1.82, 2.24) is 15.6 Å². The molecular weight excluding hydrogens is 294 g/mol. The summed E-state index contributed by atoms with van der Waals surface area (Å²) in [7, 11) is 3.73. The summed E-state index contributed by atoms with van der Waals surface area (Å²) in [5.74, 6) is 0.552. The second-order valence-corrected chi connectivity index (χ2v) is 5.59. The number of aromatic nitrogens is 1. The van der Waals surface area contributed by atoms with Gasteiger partial charge in [-0.25, -0.2) is 4.98 Å². The van der Waals surface area contributed by atoms with Crippen molar-refractivity contribution in [3.8, 4) is 6.07 Å². The molecule has 0 spiro atoms. The van der Waals surface area contributed by atoms with Crippen molar-refractivity contribution >= 4 is 17.6 Å². The van der Waals surface area contributed by atoms with Gasteiger partial charge < -0.3 is 15.5 Å². The molecule has 0 saturated heterocycles. The number of rotatable bonds is 8. The number of hydrogen-bond donors (Lipinski definition) is 2. The van der Waals surface area contributed by atoms with Crippen LogP contribution in [0.15, 0.2) is 18.3 Å². The summed E-state index contributed by atoms with van der Waals surface area (Å²) in [4.78, 5) is 29.6. The number of nitrogens with one attached hydrogen (secondary N) is 2. The zero-order chi connectivity index (χ0) is 17.2. The van der Waals surface area contributed by atoms with Crippen LogP contribution in [0.25, 0.3) is 0 Å². The fraction of sp³-hybridized carbons (Fsp3) is 0.500. The van der Waals surface area contributed by atoms with Gasteiger partial charge in [0.05, 0.1) is 6.07 Å². The Morgan fingerprint density at radius 2 is 2.13 bits per heavy atom. The van der Waals surface area contributed by atoms with E-state index in [4.69, 9.17) is 5.26 Å². The SMILES string of the molecule is CC(CCNC(=O)c1ccnc(N(C)C)c1)CC(=O)NCC#N. The van der Waals surface area contributed by atoms with Crippen LogP contribution in [0.3, 0.4) is 0 Å². The molecule has 1 aromatic rings. The van der Waals surface area contributed by atoms with Gasteiger partial charge in [0.2, 0.25) is 5.91 Å². The predicted octanol–water partition coefficient (Wildman–Crippen LogP) is 0.933. The summed E-state index contributed by atoms with van der Waals surface area (Å²) in [6, 6.07) is 5.26. The molecule has 7 nitrogen and oxygen atoms in total. The van der Waals surface area contributed by atoms with Crippen molar-refractivity contribution in [3.63, 3.8) is 0 Å². The van der Waals surface area contributed by atoms with E-state index in [0.717, 1.165) is 5.82 Å². The van der Waals surface area contributed by atoms with Crippen molar-refractivity contribution in [2.75, 3.05) is 32.1 Å². The van der Waals surface area contributed by atoms with E-state index in [1.165, 1.54) is 0 Å². The van der Waals surface area contributed by atoms with Crippen LogP contribution in [-0.4, -0.2) is 44.0 Å². The highest BCUT2D eigenvalue weighted by Crippen LogP contribution is 2.10. The molecule has 124 valence electrons. The minimum Gasteiger partial charge on any atom is -0.363 e. The number of amides is 2. The maximum absolute atomic E-state index is 12.1. The predicted molar refractivity (Wildman–Crippen MR) is 87.9 cm³/mol. The normalized spacial score (nSPS) is 11.2. The van der Waals surface area contributed by atoms with Gasteiger partial charge in [0.25, 0.3) is 5.91 Å². The molecule has 0 radical (unpaired) electrons. The Morgan fingerprint density at radius 1 is 1.39 bits per heavy atom. The Kier molecular flexibility index (Phi) is 7.54. The number of nitrogens with zero attached hydrogens (tertiary/aromatic N) is 3. The lowest BCUT2D eigenvalue weighted by Gasteiger charge is -2.13. The van der Waals surface area contributed by atoms with Gasteiger partial charge in [-0.1, -0.05) is 6.92 Å². The third-order valence-electron chi connectivity index (χ3n) is 3.29. The summed E-state index contributed by atoms with van der Waals surface area (Å²) < 4.78 is 0. The van der Waals surface area contributed by atoms with Gasteiger partial charge in [-0.2, -0.15) is 5.26 Å². The van der Waals surface area contributed by atoms with E-state index in [1.54, 1.807) is 18.3 Å². The first-order chi connectivity index (χ1) is 10.9. The van der Waals surface area contributed by atoms with E-state index in [0.29, 0.717) is 24.9 Å². The van der Waals surface area contributed by atoms with Crippen molar-refractivity contribution in [1.29, 1.82) is 5.26 Å². The van der Waals surface area contributed by atoms with Crippen molar-refractivity contribution in [2.45, 2.75) is 19.8 Å². The van der Waals surface area contributed by atoms with Crippen LogP contribution in [0.1, 0.15) is 30.1 Å². The molecule has 0 aromatic carbocycles. The molecule has 0 aliphatic carbocycles. The molecule has 23 heavy (non-hydrogen) atoms. The Labute approximate surface area is 136 Å². The van der Waals surface area contributed by atoms with Gasteiger partial charge in [0.1, 0.15) is 12.4 Å². The fourth-order valence-electron chi connectivity index (χ4n) is 1.97. The standard InChI is InChI=1S/C16H23N5O2/c1-12(10-15(22)19-9-6-17)4-7-20-16(23)13-5-8-18-14(11-13)21(2)3/h5,8,11-12H,4,7,9-10H2,1-3H3,(H,19,22)(H,20,23). The summed E-state index contributed by atoms with van der Waals surface area (Å²) in [5, 5.41) is 13.7. The second-order valence-electron chi connectivity index (χ2n) is 5.59. The van der Waals surface area contributed by atoms with E-state index < -0.39 is 0 Å². The number of anilines is 1. The number of carbonyl (C=O) groups excluding carboxylic acids is 2. The molecule has 0 aliphatic heterocycles. The molecule has 2 N–H and O–H groups in total. The molecule has 1 unspecified atom stereocenters. The number of carbonyl (C=O) groups is 2. The van der Waals surface area contributed by atoms with Crippen LogP contribution in [0.2, 0.25) is 0 Å². The summed E-state index contributed by atoms with van der Waals surface area (Å²) >= 11 is 0. The number of pyridine rings is 1. The lowest BCUT2D eigenvalue weighted by molar-refractivity contribution is -0.121. The van der Waals surface area contributed by atoms with E-state index in [1.807, 2.05) is 32.0 Å². The highest BCUT2D eigenvalue weighted by Gasteiger charge is 2.11. The molecule has 0 aliphatic rings. The van der Waals surface area contributed by atoms with Crippen LogP contribution in [0, 0.1) is 17.2 Å². The van der Waals surface area contributed by atoms with Gasteiger partial charge in [-0.05, 0) is 24.5 Å².